The summed E-state index contributed by atoms with van der Waals surface area (Å²) in [6.07, 6.45) is -5.94. The van der Waals surface area contributed by atoms with Crippen LogP contribution in [0.5, 0.6) is 0 Å². The van der Waals surface area contributed by atoms with Gasteiger partial charge in [-0.3, -0.25) is 4.79 Å². The van der Waals surface area contributed by atoms with E-state index in [9.17, 15) is 31.1 Å². The topological polar surface area (TPSA) is 25.2 Å². The van der Waals surface area contributed by atoms with Crippen molar-refractivity contribution < 1.29 is 31.1 Å². The lowest BCUT2D eigenvalue weighted by atomic mass is 10.1. The molecule has 0 spiro atoms. The van der Waals surface area contributed by atoms with Gasteiger partial charge in [-0.15, -0.1) is 6.58 Å². The van der Waals surface area contributed by atoms with Crippen molar-refractivity contribution in [1.29, 1.82) is 0 Å². The van der Waals surface area contributed by atoms with Gasteiger partial charge in [-0.1, -0.05) is 24.3 Å². The number of benzene rings is 2. The second kappa shape index (κ2) is 9.56. The molecule has 0 saturated heterocycles. The highest BCUT2D eigenvalue weighted by atomic mass is 19.4. The van der Waals surface area contributed by atoms with Gasteiger partial charge in [0.15, 0.2) is 0 Å². The largest absolute Gasteiger partial charge is 0.416 e. The van der Waals surface area contributed by atoms with Crippen molar-refractivity contribution in [3.05, 3.63) is 107 Å². The lowest BCUT2D eigenvalue weighted by molar-refractivity contribution is -0.138. The number of halogens is 6. The molecular weight excluding hydrogens is 446 g/mol. The van der Waals surface area contributed by atoms with Crippen LogP contribution in [0.1, 0.15) is 32.7 Å². The van der Waals surface area contributed by atoms with Crippen LogP contribution in [-0.4, -0.2) is 21.9 Å². The fourth-order valence-electron chi connectivity index (χ4n) is 3.37. The molecule has 1 heterocycles. The van der Waals surface area contributed by atoms with E-state index in [1.54, 1.807) is 29.0 Å². The van der Waals surface area contributed by atoms with E-state index >= 15 is 0 Å². The highest BCUT2D eigenvalue weighted by molar-refractivity contribution is 5.94. The van der Waals surface area contributed by atoms with Crippen molar-refractivity contribution >= 4 is 5.91 Å². The van der Waals surface area contributed by atoms with E-state index in [4.69, 9.17) is 0 Å². The molecule has 1 amide bonds. The SMILES string of the molecule is C=CCN(Cc1cccn1Cc1cccc(C(F)(F)F)c1)C(=O)c1cccc(C(F)(F)F)c1. The number of hydrogen-bond donors (Lipinski definition) is 0. The predicted octanol–water partition coefficient (Wildman–Crippen LogP) is 6.40. The number of amides is 1. The molecule has 174 valence electrons. The Morgan fingerprint density at radius 3 is 2.18 bits per heavy atom. The summed E-state index contributed by atoms with van der Waals surface area (Å²) in [7, 11) is 0. The molecule has 0 aliphatic carbocycles. The molecule has 9 heteroatoms. The lowest BCUT2D eigenvalue weighted by Gasteiger charge is -2.23. The standard InChI is InChI=1S/C24H20F6N2O/c1-2-11-32(22(33)18-7-4-9-20(14-18)24(28,29)30)16-21-10-5-12-31(21)15-17-6-3-8-19(13-17)23(25,26)27/h2-10,12-14H,1,11,15-16H2. The molecule has 0 radical (unpaired) electrons. The van der Waals surface area contributed by atoms with Crippen molar-refractivity contribution in [2.45, 2.75) is 25.4 Å². The molecule has 0 saturated carbocycles. The molecule has 2 aromatic carbocycles. The summed E-state index contributed by atoms with van der Waals surface area (Å²) >= 11 is 0. The minimum Gasteiger partial charge on any atom is -0.345 e. The fourth-order valence-corrected chi connectivity index (χ4v) is 3.37. The molecule has 1 aromatic heterocycles. The second-order valence-corrected chi connectivity index (χ2v) is 7.38. The first-order chi connectivity index (χ1) is 15.5. The lowest BCUT2D eigenvalue weighted by Crippen LogP contribution is -2.31. The molecule has 0 aliphatic rings. The van der Waals surface area contributed by atoms with E-state index in [1.807, 2.05) is 0 Å². The van der Waals surface area contributed by atoms with Crippen molar-refractivity contribution in [2.75, 3.05) is 6.54 Å². The molecular formula is C24H20F6N2O. The first-order valence-corrected chi connectivity index (χ1v) is 9.86. The van der Waals surface area contributed by atoms with Crippen LogP contribution in [0, 0.1) is 0 Å². The quantitative estimate of drug-likeness (QED) is 0.292. The number of aromatic nitrogens is 1. The number of rotatable bonds is 7. The van der Waals surface area contributed by atoms with Crippen LogP contribution in [0.25, 0.3) is 0 Å². The van der Waals surface area contributed by atoms with Crippen LogP contribution < -0.4 is 0 Å². The monoisotopic (exact) mass is 466 g/mol. The third kappa shape index (κ3) is 6.06. The third-order valence-corrected chi connectivity index (χ3v) is 4.96. The van der Waals surface area contributed by atoms with E-state index in [1.165, 1.54) is 29.2 Å². The van der Waals surface area contributed by atoms with Crippen LogP contribution in [0.2, 0.25) is 0 Å². The molecule has 0 unspecified atom stereocenters. The first-order valence-electron chi connectivity index (χ1n) is 9.86. The summed E-state index contributed by atoms with van der Waals surface area (Å²) in [6.45, 7) is 3.84. The van der Waals surface area contributed by atoms with Crippen LogP contribution in [0.3, 0.4) is 0 Å². The average Bonchev–Trinajstić information content (AvgIpc) is 3.18. The summed E-state index contributed by atoms with van der Waals surface area (Å²) in [4.78, 5) is 14.3. The summed E-state index contributed by atoms with van der Waals surface area (Å²) < 4.78 is 79.8. The molecule has 0 bridgehead atoms. The maximum atomic E-state index is 13.0. The van der Waals surface area contributed by atoms with Gasteiger partial charge in [0, 0.05) is 30.5 Å². The zero-order chi connectivity index (χ0) is 24.2. The highest BCUT2D eigenvalue weighted by Gasteiger charge is 2.32. The Morgan fingerprint density at radius 2 is 1.55 bits per heavy atom. The Balaban J connectivity index is 1.83. The average molecular weight is 466 g/mol. The minimum atomic E-state index is -4.58. The van der Waals surface area contributed by atoms with E-state index in [2.05, 4.69) is 6.58 Å². The number of alkyl halides is 6. The van der Waals surface area contributed by atoms with Crippen molar-refractivity contribution in [3.8, 4) is 0 Å². The maximum Gasteiger partial charge on any atom is 0.416 e. The minimum absolute atomic E-state index is 0.0348. The summed E-state index contributed by atoms with van der Waals surface area (Å²) in [5.41, 5.74) is -0.791. The Labute approximate surface area is 186 Å². The Hall–Kier alpha value is -3.49. The smallest absolute Gasteiger partial charge is 0.345 e. The van der Waals surface area contributed by atoms with Gasteiger partial charge < -0.3 is 9.47 Å². The van der Waals surface area contributed by atoms with Gasteiger partial charge in [-0.05, 0) is 48.0 Å². The van der Waals surface area contributed by atoms with Gasteiger partial charge >= 0.3 is 12.4 Å². The van der Waals surface area contributed by atoms with Gasteiger partial charge in [0.25, 0.3) is 5.91 Å². The Morgan fingerprint density at radius 1 is 0.909 bits per heavy atom. The summed E-state index contributed by atoms with van der Waals surface area (Å²) in [5.74, 6) is -0.618. The zero-order valence-corrected chi connectivity index (χ0v) is 17.3. The van der Waals surface area contributed by atoms with Gasteiger partial charge in [0.1, 0.15) is 0 Å². The zero-order valence-electron chi connectivity index (χ0n) is 17.3. The molecule has 0 fully saturated rings. The highest BCUT2D eigenvalue weighted by Crippen LogP contribution is 2.31. The van der Waals surface area contributed by atoms with Crippen LogP contribution in [-0.2, 0) is 25.4 Å². The van der Waals surface area contributed by atoms with Crippen molar-refractivity contribution in [3.63, 3.8) is 0 Å². The van der Waals surface area contributed by atoms with Crippen LogP contribution in [0.15, 0.2) is 79.5 Å². The Bertz CT molecular complexity index is 1130. The molecule has 3 aromatic rings. The van der Waals surface area contributed by atoms with Crippen molar-refractivity contribution in [1.82, 2.24) is 9.47 Å². The number of carbonyl (C=O) groups is 1. The van der Waals surface area contributed by atoms with Crippen LogP contribution in [0.4, 0.5) is 26.3 Å². The fraction of sp³-hybridized carbons (Fsp3) is 0.208. The third-order valence-electron chi connectivity index (χ3n) is 4.96. The number of hydrogen-bond acceptors (Lipinski definition) is 1. The van der Waals surface area contributed by atoms with Gasteiger partial charge in [-0.25, -0.2) is 0 Å². The van der Waals surface area contributed by atoms with E-state index in [0.29, 0.717) is 11.3 Å². The van der Waals surface area contributed by atoms with Crippen molar-refractivity contribution in [2.24, 2.45) is 0 Å². The van der Waals surface area contributed by atoms with Gasteiger partial charge in [-0.2, -0.15) is 26.3 Å². The van der Waals surface area contributed by atoms with E-state index in [0.717, 1.165) is 24.3 Å². The maximum absolute atomic E-state index is 13.0. The second-order valence-electron chi connectivity index (χ2n) is 7.38. The molecule has 3 rings (SSSR count). The molecule has 0 atom stereocenters. The first kappa shape index (κ1) is 24.2. The number of carbonyl (C=O) groups excluding carboxylic acids is 1. The van der Waals surface area contributed by atoms with E-state index in [-0.39, 0.29) is 25.2 Å². The van der Waals surface area contributed by atoms with Gasteiger partial charge in [0.2, 0.25) is 0 Å². The van der Waals surface area contributed by atoms with Crippen LogP contribution >= 0.6 is 0 Å². The molecule has 0 N–H and O–H groups in total. The van der Waals surface area contributed by atoms with Gasteiger partial charge in [0.05, 0.1) is 17.7 Å². The molecule has 33 heavy (non-hydrogen) atoms. The molecule has 3 nitrogen and oxygen atoms in total. The van der Waals surface area contributed by atoms with E-state index < -0.39 is 29.4 Å². The Kier molecular flexibility index (Phi) is 7.00. The summed E-state index contributed by atoms with van der Waals surface area (Å²) in [5, 5.41) is 0. The number of nitrogens with zero attached hydrogens (tertiary/aromatic N) is 2. The normalized spacial score (nSPS) is 11.9. The summed E-state index contributed by atoms with van der Waals surface area (Å²) in [6, 6.07) is 12.4. The molecule has 0 aliphatic heterocycles. The predicted molar refractivity (Wildman–Crippen MR) is 111 cm³/mol.